The number of piperazine rings is 1. The summed E-state index contributed by atoms with van der Waals surface area (Å²) in [6.07, 6.45) is 3.20. The first kappa shape index (κ1) is 13.7. The van der Waals surface area contributed by atoms with Crippen LogP contribution in [0.4, 0.5) is 5.13 Å². The standard InChI is InChI=1S/C12H23N5S/c1-2-4-11-14-12(18-15-11)17-9-7-16(8-10-17)6-3-5-13/h2-10,13H2,1H3. The first-order chi connectivity index (χ1) is 8.83. The fourth-order valence-electron chi connectivity index (χ4n) is 2.18. The van der Waals surface area contributed by atoms with E-state index in [1.807, 2.05) is 0 Å². The molecule has 18 heavy (non-hydrogen) atoms. The van der Waals surface area contributed by atoms with Crippen LogP contribution in [0.25, 0.3) is 0 Å². The van der Waals surface area contributed by atoms with Gasteiger partial charge in [0.05, 0.1) is 0 Å². The second kappa shape index (κ2) is 7.01. The molecule has 0 unspecified atom stereocenters. The molecule has 0 amide bonds. The number of anilines is 1. The second-order valence-electron chi connectivity index (χ2n) is 4.71. The minimum atomic E-state index is 0.789. The third-order valence-corrected chi connectivity index (χ3v) is 4.07. The number of nitrogens with two attached hydrogens (primary N) is 1. The molecule has 102 valence electrons. The molecule has 1 fully saturated rings. The van der Waals surface area contributed by atoms with E-state index in [2.05, 4.69) is 26.1 Å². The van der Waals surface area contributed by atoms with Crippen LogP contribution < -0.4 is 10.6 Å². The monoisotopic (exact) mass is 269 g/mol. The van der Waals surface area contributed by atoms with Gasteiger partial charge in [-0.05, 0) is 25.9 Å². The van der Waals surface area contributed by atoms with Crippen LogP contribution in [-0.2, 0) is 6.42 Å². The molecule has 5 nitrogen and oxygen atoms in total. The van der Waals surface area contributed by atoms with Gasteiger partial charge in [0.25, 0.3) is 0 Å². The molecule has 2 rings (SSSR count). The second-order valence-corrected chi connectivity index (χ2v) is 5.44. The number of aryl methyl sites for hydroxylation is 1. The number of aromatic nitrogens is 2. The van der Waals surface area contributed by atoms with Crippen molar-refractivity contribution in [3.63, 3.8) is 0 Å². The molecule has 1 aromatic heterocycles. The lowest BCUT2D eigenvalue weighted by atomic mass is 10.3. The predicted molar refractivity (Wildman–Crippen MR) is 76.2 cm³/mol. The summed E-state index contributed by atoms with van der Waals surface area (Å²) in [7, 11) is 0. The zero-order valence-electron chi connectivity index (χ0n) is 11.1. The van der Waals surface area contributed by atoms with Gasteiger partial charge >= 0.3 is 0 Å². The van der Waals surface area contributed by atoms with Gasteiger partial charge < -0.3 is 10.6 Å². The van der Waals surface area contributed by atoms with Crippen LogP contribution >= 0.6 is 11.5 Å². The Bertz CT molecular complexity index is 346. The maximum Gasteiger partial charge on any atom is 0.205 e. The molecule has 2 N–H and O–H groups in total. The van der Waals surface area contributed by atoms with E-state index in [0.717, 1.165) is 69.5 Å². The van der Waals surface area contributed by atoms with Gasteiger partial charge in [-0.15, -0.1) is 0 Å². The Labute approximate surface area is 113 Å². The number of hydrogen-bond acceptors (Lipinski definition) is 6. The van der Waals surface area contributed by atoms with E-state index in [9.17, 15) is 0 Å². The molecule has 0 bridgehead atoms. The minimum Gasteiger partial charge on any atom is -0.344 e. The van der Waals surface area contributed by atoms with Crippen molar-refractivity contribution in [2.75, 3.05) is 44.2 Å². The average Bonchev–Trinajstić information content (AvgIpc) is 2.86. The van der Waals surface area contributed by atoms with E-state index in [1.54, 1.807) is 11.5 Å². The molecule has 0 saturated carbocycles. The molecular weight excluding hydrogens is 246 g/mol. The van der Waals surface area contributed by atoms with Crippen molar-refractivity contribution in [3.8, 4) is 0 Å². The highest BCUT2D eigenvalue weighted by Gasteiger charge is 2.19. The molecule has 6 heteroatoms. The lowest BCUT2D eigenvalue weighted by Gasteiger charge is -2.34. The zero-order chi connectivity index (χ0) is 12.8. The Balaban J connectivity index is 1.81. The van der Waals surface area contributed by atoms with Crippen molar-refractivity contribution in [1.82, 2.24) is 14.3 Å². The largest absolute Gasteiger partial charge is 0.344 e. The van der Waals surface area contributed by atoms with Crippen LogP contribution in [0.15, 0.2) is 0 Å². The van der Waals surface area contributed by atoms with Gasteiger partial charge in [-0.3, -0.25) is 4.90 Å². The highest BCUT2D eigenvalue weighted by atomic mass is 32.1. The molecule has 1 aliphatic rings. The van der Waals surface area contributed by atoms with E-state index >= 15 is 0 Å². The van der Waals surface area contributed by atoms with Crippen LogP contribution in [0.2, 0.25) is 0 Å². The molecule has 0 atom stereocenters. The Morgan fingerprint density at radius 3 is 2.72 bits per heavy atom. The van der Waals surface area contributed by atoms with Crippen LogP contribution in [0, 0.1) is 0 Å². The van der Waals surface area contributed by atoms with Crippen LogP contribution in [0.3, 0.4) is 0 Å². The van der Waals surface area contributed by atoms with E-state index in [-0.39, 0.29) is 0 Å². The van der Waals surface area contributed by atoms with E-state index in [0.29, 0.717) is 0 Å². The lowest BCUT2D eigenvalue weighted by Crippen LogP contribution is -2.46. The molecule has 2 heterocycles. The van der Waals surface area contributed by atoms with Gasteiger partial charge in [0, 0.05) is 44.1 Å². The fourth-order valence-corrected chi connectivity index (χ4v) is 2.94. The lowest BCUT2D eigenvalue weighted by molar-refractivity contribution is 0.256. The Morgan fingerprint density at radius 1 is 1.28 bits per heavy atom. The quantitative estimate of drug-likeness (QED) is 0.833. The predicted octanol–water partition coefficient (Wildman–Crippen LogP) is 0.961. The normalized spacial score (nSPS) is 17.3. The average molecular weight is 269 g/mol. The first-order valence-electron chi connectivity index (χ1n) is 6.83. The molecule has 1 aliphatic heterocycles. The summed E-state index contributed by atoms with van der Waals surface area (Å²) in [4.78, 5) is 9.45. The van der Waals surface area contributed by atoms with Gasteiger partial charge in [-0.2, -0.15) is 4.37 Å². The van der Waals surface area contributed by atoms with Crippen LogP contribution in [0.1, 0.15) is 25.6 Å². The molecule has 0 radical (unpaired) electrons. The zero-order valence-corrected chi connectivity index (χ0v) is 12.0. The smallest absolute Gasteiger partial charge is 0.205 e. The van der Waals surface area contributed by atoms with Crippen molar-refractivity contribution in [3.05, 3.63) is 5.82 Å². The Morgan fingerprint density at radius 2 is 2.06 bits per heavy atom. The maximum absolute atomic E-state index is 5.54. The van der Waals surface area contributed by atoms with Crippen molar-refractivity contribution in [2.24, 2.45) is 5.73 Å². The van der Waals surface area contributed by atoms with E-state index in [4.69, 9.17) is 5.73 Å². The fraction of sp³-hybridized carbons (Fsp3) is 0.833. The molecule has 0 aromatic carbocycles. The SMILES string of the molecule is CCCc1nsc(N2CCN(CCCN)CC2)n1. The Hall–Kier alpha value is -0.720. The summed E-state index contributed by atoms with van der Waals surface area (Å²) in [5.41, 5.74) is 5.54. The highest BCUT2D eigenvalue weighted by molar-refractivity contribution is 7.09. The van der Waals surface area contributed by atoms with Gasteiger partial charge in [0.1, 0.15) is 5.82 Å². The molecule has 0 spiro atoms. The van der Waals surface area contributed by atoms with Crippen molar-refractivity contribution < 1.29 is 0 Å². The Kier molecular flexibility index (Phi) is 5.34. The molecule has 1 aromatic rings. The van der Waals surface area contributed by atoms with Gasteiger partial charge in [0.15, 0.2) is 0 Å². The van der Waals surface area contributed by atoms with Crippen molar-refractivity contribution >= 4 is 16.7 Å². The summed E-state index contributed by atoms with van der Waals surface area (Å²) in [6, 6.07) is 0. The van der Waals surface area contributed by atoms with E-state index in [1.165, 1.54) is 0 Å². The van der Waals surface area contributed by atoms with Crippen molar-refractivity contribution in [1.29, 1.82) is 0 Å². The summed E-state index contributed by atoms with van der Waals surface area (Å²) < 4.78 is 4.41. The molecular formula is C12H23N5S. The number of hydrogen-bond donors (Lipinski definition) is 1. The summed E-state index contributed by atoms with van der Waals surface area (Å²) in [6.45, 7) is 8.43. The summed E-state index contributed by atoms with van der Waals surface area (Å²) in [5.74, 6) is 1.00. The first-order valence-corrected chi connectivity index (χ1v) is 7.60. The molecule has 1 saturated heterocycles. The van der Waals surface area contributed by atoms with Gasteiger partial charge in [0.2, 0.25) is 5.13 Å². The maximum atomic E-state index is 5.54. The topological polar surface area (TPSA) is 58.3 Å². The number of rotatable bonds is 6. The van der Waals surface area contributed by atoms with Gasteiger partial charge in [-0.1, -0.05) is 6.92 Å². The van der Waals surface area contributed by atoms with Crippen LogP contribution in [0.5, 0.6) is 0 Å². The number of nitrogens with zero attached hydrogens (tertiary/aromatic N) is 4. The third-order valence-electron chi connectivity index (χ3n) is 3.25. The van der Waals surface area contributed by atoms with E-state index < -0.39 is 0 Å². The highest BCUT2D eigenvalue weighted by Crippen LogP contribution is 2.19. The van der Waals surface area contributed by atoms with Gasteiger partial charge in [-0.25, -0.2) is 4.98 Å². The summed E-state index contributed by atoms with van der Waals surface area (Å²) >= 11 is 1.54. The minimum absolute atomic E-state index is 0.789. The third kappa shape index (κ3) is 3.63. The molecule has 0 aliphatic carbocycles. The van der Waals surface area contributed by atoms with Crippen LogP contribution in [-0.4, -0.2) is 53.5 Å². The van der Waals surface area contributed by atoms with Crippen molar-refractivity contribution in [2.45, 2.75) is 26.2 Å². The summed E-state index contributed by atoms with van der Waals surface area (Å²) in [5, 5.41) is 1.09.